The van der Waals surface area contributed by atoms with Gasteiger partial charge in [0.25, 0.3) is 0 Å². The maximum atomic E-state index is 12.7. The number of rotatable bonds is 6. The molecule has 0 radical (unpaired) electrons. The summed E-state index contributed by atoms with van der Waals surface area (Å²) in [5, 5.41) is 0. The van der Waals surface area contributed by atoms with E-state index >= 15 is 0 Å². The zero-order valence-corrected chi connectivity index (χ0v) is 17.5. The highest BCUT2D eigenvalue weighted by Gasteiger charge is 2.30. The Bertz CT molecular complexity index is 1010. The number of esters is 1. The summed E-state index contributed by atoms with van der Waals surface area (Å²) in [5.41, 5.74) is 2.53. The number of aryl methyl sites for hydroxylation is 1. The zero-order valence-electron chi connectivity index (χ0n) is 16.7. The molecule has 1 amide bonds. The molecule has 1 aliphatic heterocycles. The number of thioether (sulfide) groups is 1. The maximum Gasteiger partial charge on any atom is 0.326 e. The monoisotopic (exact) mass is 414 g/mol. The summed E-state index contributed by atoms with van der Waals surface area (Å²) in [6.45, 7) is 6.05. The van der Waals surface area contributed by atoms with E-state index in [-0.39, 0.29) is 29.7 Å². The molecule has 0 aliphatic carbocycles. The fourth-order valence-corrected chi connectivity index (χ4v) is 4.41. The number of ether oxygens (including phenoxy) is 1. The number of nitrogens with one attached hydrogen (secondary N) is 1. The van der Waals surface area contributed by atoms with E-state index in [1.165, 1.54) is 30.5 Å². The van der Waals surface area contributed by atoms with E-state index in [0.717, 1.165) is 4.90 Å². The van der Waals surface area contributed by atoms with E-state index < -0.39 is 17.9 Å². The minimum absolute atomic E-state index is 0.139. The minimum atomic E-state index is -1.05. The minimum Gasteiger partial charge on any atom is -0.453 e. The first-order valence-electron chi connectivity index (χ1n) is 9.16. The average molecular weight is 414 g/mol. The van der Waals surface area contributed by atoms with E-state index in [0.29, 0.717) is 22.5 Å². The highest BCUT2D eigenvalue weighted by Crippen LogP contribution is 2.34. The number of carbonyl (C=O) groups excluding carboxylic acids is 4. The Balaban J connectivity index is 1.72. The first-order valence-corrected chi connectivity index (χ1v) is 10.1. The van der Waals surface area contributed by atoms with Crippen LogP contribution in [-0.2, 0) is 14.3 Å². The number of carbonyl (C=O) groups is 4. The molecule has 0 unspecified atom stereocenters. The van der Waals surface area contributed by atoms with Crippen LogP contribution in [0.25, 0.3) is 0 Å². The number of Topliss-reactive ketones (excluding diaryl/α,β-unsaturated/α-hetero) is 2. The van der Waals surface area contributed by atoms with Crippen molar-refractivity contribution >= 4 is 40.9 Å². The van der Waals surface area contributed by atoms with Crippen molar-refractivity contribution in [1.82, 2.24) is 4.98 Å². The molecule has 2 aromatic rings. The van der Waals surface area contributed by atoms with Crippen molar-refractivity contribution < 1.29 is 23.9 Å². The van der Waals surface area contributed by atoms with Gasteiger partial charge in [-0.3, -0.25) is 24.1 Å². The smallest absolute Gasteiger partial charge is 0.326 e. The number of aromatic amines is 1. The Morgan fingerprint density at radius 2 is 1.93 bits per heavy atom. The van der Waals surface area contributed by atoms with Crippen LogP contribution < -0.4 is 4.90 Å². The van der Waals surface area contributed by atoms with Crippen LogP contribution in [0.1, 0.15) is 46.0 Å². The van der Waals surface area contributed by atoms with Crippen molar-refractivity contribution in [2.75, 3.05) is 17.2 Å². The van der Waals surface area contributed by atoms with E-state index in [1.54, 1.807) is 26.0 Å². The lowest BCUT2D eigenvalue weighted by Crippen LogP contribution is -2.41. The van der Waals surface area contributed by atoms with Gasteiger partial charge in [-0.1, -0.05) is 12.1 Å². The fraction of sp³-hybridized carbons (Fsp3) is 0.333. The number of nitrogens with zero attached hydrogens (tertiary/aromatic N) is 1. The maximum absolute atomic E-state index is 12.7. The van der Waals surface area contributed by atoms with Crippen LogP contribution in [0.2, 0.25) is 0 Å². The SMILES string of the molecule is CC(=O)c1c(C)[nH]c(C(=O)[C@H](C)OC(=O)CN2C(=O)CSc3ccccc32)c1C. The number of hydrogen-bond acceptors (Lipinski definition) is 6. The number of H-pyrrole nitrogens is 1. The molecule has 1 atom stereocenters. The number of hydrogen-bond donors (Lipinski definition) is 1. The summed E-state index contributed by atoms with van der Waals surface area (Å²) >= 11 is 1.42. The van der Waals surface area contributed by atoms with Crippen LogP contribution in [0.5, 0.6) is 0 Å². The van der Waals surface area contributed by atoms with Crippen molar-refractivity contribution in [3.8, 4) is 0 Å². The highest BCUT2D eigenvalue weighted by molar-refractivity contribution is 8.00. The largest absolute Gasteiger partial charge is 0.453 e. The molecular weight excluding hydrogens is 392 g/mol. The predicted molar refractivity (Wildman–Crippen MR) is 110 cm³/mol. The Morgan fingerprint density at radius 3 is 2.59 bits per heavy atom. The number of fused-ring (bicyclic) bond motifs is 1. The summed E-state index contributed by atoms with van der Waals surface area (Å²) in [6.07, 6.45) is -1.05. The first-order chi connectivity index (χ1) is 13.7. The number of aromatic nitrogens is 1. The number of benzene rings is 1. The third-order valence-corrected chi connectivity index (χ3v) is 5.86. The van der Waals surface area contributed by atoms with Gasteiger partial charge in [-0.25, -0.2) is 0 Å². The molecular formula is C21H22N2O5S. The molecule has 0 fully saturated rings. The summed E-state index contributed by atoms with van der Waals surface area (Å²) < 4.78 is 5.30. The Labute approximate surface area is 172 Å². The van der Waals surface area contributed by atoms with Crippen LogP contribution in [0, 0.1) is 13.8 Å². The van der Waals surface area contributed by atoms with Gasteiger partial charge in [0.1, 0.15) is 6.54 Å². The molecule has 0 saturated heterocycles. The topological polar surface area (TPSA) is 96.5 Å². The molecule has 29 heavy (non-hydrogen) atoms. The number of amides is 1. The lowest BCUT2D eigenvalue weighted by atomic mass is 10.0. The lowest BCUT2D eigenvalue weighted by Gasteiger charge is -2.28. The molecule has 152 valence electrons. The van der Waals surface area contributed by atoms with Gasteiger partial charge in [0.15, 0.2) is 11.9 Å². The van der Waals surface area contributed by atoms with Crippen molar-refractivity contribution in [2.45, 2.75) is 38.7 Å². The van der Waals surface area contributed by atoms with Crippen molar-refractivity contribution in [1.29, 1.82) is 0 Å². The van der Waals surface area contributed by atoms with Crippen LogP contribution >= 0.6 is 11.8 Å². The normalized spacial score (nSPS) is 14.3. The number of ketones is 2. The zero-order chi connectivity index (χ0) is 21.3. The van der Waals surface area contributed by atoms with Gasteiger partial charge in [-0.15, -0.1) is 11.8 Å². The summed E-state index contributed by atoms with van der Waals surface area (Å²) in [6, 6.07) is 7.33. The van der Waals surface area contributed by atoms with Gasteiger partial charge in [0.2, 0.25) is 11.7 Å². The Kier molecular flexibility index (Phi) is 5.93. The molecule has 0 bridgehead atoms. The van der Waals surface area contributed by atoms with Gasteiger partial charge in [-0.05, 0) is 45.4 Å². The summed E-state index contributed by atoms with van der Waals surface area (Å²) in [5.74, 6) is -1.18. The molecule has 1 aliphatic rings. The molecule has 1 aromatic heterocycles. The quantitative estimate of drug-likeness (QED) is 0.576. The molecule has 0 spiro atoms. The van der Waals surface area contributed by atoms with Crippen LogP contribution in [0.3, 0.4) is 0 Å². The van der Waals surface area contributed by atoms with Crippen LogP contribution in [-0.4, -0.2) is 46.8 Å². The third kappa shape index (κ3) is 4.12. The van der Waals surface area contributed by atoms with Crippen molar-refractivity contribution in [2.24, 2.45) is 0 Å². The van der Waals surface area contributed by atoms with Gasteiger partial charge in [0.05, 0.1) is 17.1 Å². The predicted octanol–water partition coefficient (Wildman–Crippen LogP) is 3.09. The second kappa shape index (κ2) is 8.24. The Morgan fingerprint density at radius 1 is 1.24 bits per heavy atom. The van der Waals surface area contributed by atoms with Crippen LogP contribution in [0.15, 0.2) is 29.2 Å². The number of para-hydroxylation sites is 1. The van der Waals surface area contributed by atoms with Crippen LogP contribution in [0.4, 0.5) is 5.69 Å². The Hall–Kier alpha value is -2.87. The second-order valence-corrected chi connectivity index (χ2v) is 7.93. The standard InChI is InChI=1S/C21H22N2O5S/c1-11-19(13(3)24)12(2)22-20(11)21(27)14(4)28-18(26)9-23-15-7-5-6-8-16(15)29-10-17(23)25/h5-8,14,22H,9-10H2,1-4H3/t14-/m0/s1. The molecule has 0 saturated carbocycles. The highest BCUT2D eigenvalue weighted by atomic mass is 32.2. The molecule has 1 N–H and O–H groups in total. The van der Waals surface area contributed by atoms with Crippen molar-refractivity contribution in [3.05, 3.63) is 46.8 Å². The molecule has 7 nitrogen and oxygen atoms in total. The van der Waals surface area contributed by atoms with Gasteiger partial charge >= 0.3 is 5.97 Å². The number of anilines is 1. The van der Waals surface area contributed by atoms with E-state index in [9.17, 15) is 19.2 Å². The third-order valence-electron chi connectivity index (χ3n) is 4.81. The van der Waals surface area contributed by atoms with Gasteiger partial charge in [0, 0.05) is 16.2 Å². The van der Waals surface area contributed by atoms with E-state index in [1.807, 2.05) is 12.1 Å². The van der Waals surface area contributed by atoms with Gasteiger partial charge < -0.3 is 9.72 Å². The second-order valence-electron chi connectivity index (χ2n) is 6.91. The summed E-state index contributed by atoms with van der Waals surface area (Å²) in [7, 11) is 0. The molecule has 1 aromatic carbocycles. The summed E-state index contributed by atoms with van der Waals surface area (Å²) in [4.78, 5) is 54.4. The molecule has 8 heteroatoms. The van der Waals surface area contributed by atoms with Gasteiger partial charge in [-0.2, -0.15) is 0 Å². The first kappa shape index (κ1) is 20.9. The fourth-order valence-electron chi connectivity index (χ4n) is 3.47. The molecule has 3 rings (SSSR count). The van der Waals surface area contributed by atoms with E-state index in [2.05, 4.69) is 4.98 Å². The van der Waals surface area contributed by atoms with E-state index in [4.69, 9.17) is 4.74 Å². The lowest BCUT2D eigenvalue weighted by molar-refractivity contribution is -0.145. The average Bonchev–Trinajstić information content (AvgIpc) is 2.97. The van der Waals surface area contributed by atoms with Crippen molar-refractivity contribution in [3.63, 3.8) is 0 Å². The molecule has 2 heterocycles.